The van der Waals surface area contributed by atoms with Crippen LogP contribution in [-0.4, -0.2) is 22.9 Å². The average Bonchev–Trinajstić information content (AvgIpc) is 2.89. The number of hydrogen-bond acceptors (Lipinski definition) is 3. The summed E-state index contributed by atoms with van der Waals surface area (Å²) in [4.78, 5) is 13.0. The molecule has 1 aromatic rings. The lowest BCUT2D eigenvalue weighted by Crippen LogP contribution is -2.10. The highest BCUT2D eigenvalue weighted by Crippen LogP contribution is 2.32. The van der Waals surface area contributed by atoms with E-state index in [2.05, 4.69) is 20.8 Å². The van der Waals surface area contributed by atoms with Gasteiger partial charge in [-0.3, -0.25) is 10.1 Å². The molecule has 4 nitrogen and oxygen atoms in total. The molecule has 0 radical (unpaired) electrons. The summed E-state index contributed by atoms with van der Waals surface area (Å²) in [5.41, 5.74) is 1.91. The van der Waals surface area contributed by atoms with E-state index in [4.69, 9.17) is 0 Å². The second-order valence-electron chi connectivity index (χ2n) is 4.64. The number of nitro benzene ring substituents is 1. The van der Waals surface area contributed by atoms with Gasteiger partial charge in [0, 0.05) is 23.6 Å². The van der Waals surface area contributed by atoms with E-state index in [1.807, 2.05) is 25.3 Å². The summed E-state index contributed by atoms with van der Waals surface area (Å²) in [5.74, 6) is 0. The van der Waals surface area contributed by atoms with Crippen molar-refractivity contribution in [1.29, 1.82) is 0 Å². The Kier molecular flexibility index (Phi) is 4.58. The SMILES string of the molecule is CCc1ccc([N+](=O)[O-])c(/C=C/N2CCCC2)c1Br. The van der Waals surface area contributed by atoms with E-state index in [-0.39, 0.29) is 10.6 Å². The van der Waals surface area contributed by atoms with Gasteiger partial charge in [-0.25, -0.2) is 0 Å². The van der Waals surface area contributed by atoms with Gasteiger partial charge in [0.1, 0.15) is 0 Å². The van der Waals surface area contributed by atoms with Gasteiger partial charge >= 0.3 is 0 Å². The van der Waals surface area contributed by atoms with Crippen molar-refractivity contribution in [1.82, 2.24) is 4.90 Å². The summed E-state index contributed by atoms with van der Waals surface area (Å²) in [6.45, 7) is 4.12. The van der Waals surface area contributed by atoms with E-state index in [9.17, 15) is 10.1 Å². The summed E-state index contributed by atoms with van der Waals surface area (Å²) in [7, 11) is 0. The molecule has 1 aromatic carbocycles. The fraction of sp³-hybridized carbons (Fsp3) is 0.429. The van der Waals surface area contributed by atoms with Crippen molar-refractivity contribution in [3.8, 4) is 0 Å². The molecule has 0 atom stereocenters. The van der Waals surface area contributed by atoms with Crippen molar-refractivity contribution in [3.63, 3.8) is 0 Å². The molecular formula is C14H17BrN2O2. The fourth-order valence-corrected chi connectivity index (χ4v) is 3.04. The zero-order valence-electron chi connectivity index (χ0n) is 10.9. The van der Waals surface area contributed by atoms with Crippen LogP contribution < -0.4 is 0 Å². The molecule has 0 aromatic heterocycles. The Hall–Kier alpha value is -1.36. The smallest absolute Gasteiger partial charge is 0.277 e. The topological polar surface area (TPSA) is 46.4 Å². The van der Waals surface area contributed by atoms with Crippen LogP contribution in [0.3, 0.4) is 0 Å². The summed E-state index contributed by atoms with van der Waals surface area (Å²) in [6.07, 6.45) is 7.07. The first-order valence-electron chi connectivity index (χ1n) is 6.51. The molecule has 0 unspecified atom stereocenters. The maximum Gasteiger partial charge on any atom is 0.277 e. The van der Waals surface area contributed by atoms with Crippen molar-refractivity contribution < 1.29 is 4.92 Å². The highest BCUT2D eigenvalue weighted by Gasteiger charge is 2.17. The minimum absolute atomic E-state index is 0.152. The molecule has 0 spiro atoms. The number of hydrogen-bond donors (Lipinski definition) is 0. The normalized spacial score (nSPS) is 15.4. The molecule has 2 rings (SSSR count). The summed E-state index contributed by atoms with van der Waals surface area (Å²) >= 11 is 3.50. The Morgan fingerprint density at radius 1 is 1.42 bits per heavy atom. The van der Waals surface area contributed by atoms with Gasteiger partial charge in [0.2, 0.25) is 0 Å². The van der Waals surface area contributed by atoms with Gasteiger partial charge in [0.25, 0.3) is 5.69 Å². The molecule has 1 fully saturated rings. The van der Waals surface area contributed by atoms with Crippen molar-refractivity contribution >= 4 is 27.7 Å². The zero-order chi connectivity index (χ0) is 13.8. The van der Waals surface area contributed by atoms with Gasteiger partial charge in [-0.15, -0.1) is 0 Å². The lowest BCUT2D eigenvalue weighted by Gasteiger charge is -2.11. The van der Waals surface area contributed by atoms with Crippen molar-refractivity contribution in [3.05, 3.63) is 44.0 Å². The van der Waals surface area contributed by atoms with Crippen molar-refractivity contribution in [2.24, 2.45) is 0 Å². The van der Waals surface area contributed by atoms with Crippen LogP contribution in [0, 0.1) is 10.1 Å². The molecule has 1 aliphatic heterocycles. The maximum absolute atomic E-state index is 11.1. The minimum atomic E-state index is -0.326. The number of benzene rings is 1. The first kappa shape index (κ1) is 14.1. The molecular weight excluding hydrogens is 308 g/mol. The second-order valence-corrected chi connectivity index (χ2v) is 5.43. The number of halogens is 1. The van der Waals surface area contributed by atoms with E-state index in [1.54, 1.807) is 6.07 Å². The Morgan fingerprint density at radius 3 is 2.68 bits per heavy atom. The standard InChI is InChI=1S/C14H17BrN2O2/c1-2-11-5-6-13(17(18)19)12(14(11)15)7-10-16-8-3-4-9-16/h5-7,10H,2-4,8-9H2,1H3/b10-7+. The maximum atomic E-state index is 11.1. The summed E-state index contributed by atoms with van der Waals surface area (Å²) in [5, 5.41) is 11.1. The van der Waals surface area contributed by atoms with E-state index in [0.29, 0.717) is 5.56 Å². The predicted octanol–water partition coefficient (Wildman–Crippen LogP) is 3.99. The third kappa shape index (κ3) is 3.15. The van der Waals surface area contributed by atoms with Crippen LogP contribution in [0.15, 0.2) is 22.8 Å². The Morgan fingerprint density at radius 2 is 2.11 bits per heavy atom. The molecule has 0 amide bonds. The zero-order valence-corrected chi connectivity index (χ0v) is 12.5. The van der Waals surface area contributed by atoms with Crippen molar-refractivity contribution in [2.75, 3.05) is 13.1 Å². The highest BCUT2D eigenvalue weighted by molar-refractivity contribution is 9.10. The Labute approximate surface area is 121 Å². The predicted molar refractivity (Wildman–Crippen MR) is 80.0 cm³/mol. The van der Waals surface area contributed by atoms with Gasteiger partial charge in [0.05, 0.1) is 10.5 Å². The van der Waals surface area contributed by atoms with E-state index >= 15 is 0 Å². The Balaban J connectivity index is 2.37. The molecule has 5 heteroatoms. The van der Waals surface area contributed by atoms with Crippen LogP contribution in [0.4, 0.5) is 5.69 Å². The summed E-state index contributed by atoms with van der Waals surface area (Å²) in [6, 6.07) is 3.41. The van der Waals surface area contributed by atoms with Crippen LogP contribution in [0.2, 0.25) is 0 Å². The lowest BCUT2D eigenvalue weighted by atomic mass is 10.1. The molecule has 0 saturated carbocycles. The number of rotatable bonds is 4. The molecule has 0 bridgehead atoms. The third-order valence-corrected chi connectivity index (χ3v) is 4.34. The largest absolute Gasteiger partial charge is 0.377 e. The molecule has 1 heterocycles. The third-order valence-electron chi connectivity index (χ3n) is 3.41. The van der Waals surface area contributed by atoms with Crippen LogP contribution in [0.5, 0.6) is 0 Å². The first-order valence-corrected chi connectivity index (χ1v) is 7.30. The molecule has 0 N–H and O–H groups in total. The molecule has 1 saturated heterocycles. The van der Waals surface area contributed by atoms with Gasteiger partial charge in [0.15, 0.2) is 0 Å². The quantitative estimate of drug-likeness (QED) is 0.621. The highest BCUT2D eigenvalue weighted by atomic mass is 79.9. The Bertz CT molecular complexity index is 508. The van der Waals surface area contributed by atoms with Gasteiger partial charge in [-0.2, -0.15) is 0 Å². The first-order chi connectivity index (χ1) is 9.13. The van der Waals surface area contributed by atoms with Crippen LogP contribution in [0.25, 0.3) is 6.08 Å². The van der Waals surface area contributed by atoms with Crippen LogP contribution in [-0.2, 0) is 6.42 Å². The second kappa shape index (κ2) is 6.19. The fourth-order valence-electron chi connectivity index (χ4n) is 2.29. The van der Waals surface area contributed by atoms with Crippen molar-refractivity contribution in [2.45, 2.75) is 26.2 Å². The van der Waals surface area contributed by atoms with Gasteiger partial charge in [-0.05, 0) is 53.0 Å². The monoisotopic (exact) mass is 324 g/mol. The van der Waals surface area contributed by atoms with Crippen LogP contribution >= 0.6 is 15.9 Å². The van der Waals surface area contributed by atoms with E-state index in [1.165, 1.54) is 12.8 Å². The van der Waals surface area contributed by atoms with E-state index in [0.717, 1.165) is 29.5 Å². The number of nitro groups is 1. The van der Waals surface area contributed by atoms with Crippen LogP contribution in [0.1, 0.15) is 30.9 Å². The molecule has 19 heavy (non-hydrogen) atoms. The van der Waals surface area contributed by atoms with E-state index < -0.39 is 0 Å². The number of nitrogens with zero attached hydrogens (tertiary/aromatic N) is 2. The van der Waals surface area contributed by atoms with Gasteiger partial charge in [-0.1, -0.05) is 13.0 Å². The minimum Gasteiger partial charge on any atom is -0.377 e. The lowest BCUT2D eigenvalue weighted by molar-refractivity contribution is -0.385. The molecule has 102 valence electrons. The average molecular weight is 325 g/mol. The van der Waals surface area contributed by atoms with Gasteiger partial charge < -0.3 is 4.90 Å². The summed E-state index contributed by atoms with van der Waals surface area (Å²) < 4.78 is 0.833. The number of aryl methyl sites for hydroxylation is 1. The molecule has 1 aliphatic rings. The number of likely N-dealkylation sites (tertiary alicyclic amines) is 1. The molecule has 0 aliphatic carbocycles.